The summed E-state index contributed by atoms with van der Waals surface area (Å²) in [5.41, 5.74) is 3.01. The number of nitrogens with one attached hydrogen (secondary N) is 1. The van der Waals surface area contributed by atoms with Crippen molar-refractivity contribution in [2.45, 2.75) is 57.7 Å². The van der Waals surface area contributed by atoms with E-state index in [1.807, 2.05) is 62.2 Å². The number of rotatable bonds is 1. The van der Waals surface area contributed by atoms with E-state index in [2.05, 4.69) is 10.3 Å². The second-order valence-electron chi connectivity index (χ2n) is 8.00. The molecule has 2 aliphatic heterocycles. The molecule has 0 saturated carbocycles. The van der Waals surface area contributed by atoms with Gasteiger partial charge in [0.2, 0.25) is 0 Å². The van der Waals surface area contributed by atoms with Crippen LogP contribution in [0, 0.1) is 0 Å². The highest BCUT2D eigenvalue weighted by Crippen LogP contribution is 2.43. The molecule has 2 aromatic rings. The van der Waals surface area contributed by atoms with E-state index in [0.717, 1.165) is 41.9 Å². The molecule has 2 atom stereocenters. The van der Waals surface area contributed by atoms with Gasteiger partial charge in [-0.2, -0.15) is 0 Å². The Morgan fingerprint density at radius 1 is 1.20 bits per heavy atom. The highest BCUT2D eigenvalue weighted by molar-refractivity contribution is 5.77. The van der Waals surface area contributed by atoms with E-state index in [-0.39, 0.29) is 23.7 Å². The van der Waals surface area contributed by atoms with Gasteiger partial charge in [0, 0.05) is 35.3 Å². The van der Waals surface area contributed by atoms with E-state index < -0.39 is 0 Å². The molecule has 2 aliphatic rings. The zero-order valence-corrected chi connectivity index (χ0v) is 15.0. The number of benzene rings is 1. The largest absolute Gasteiger partial charge is 0.333 e. The molecule has 130 valence electrons. The minimum atomic E-state index is -0.232. The van der Waals surface area contributed by atoms with Gasteiger partial charge in [-0.05, 0) is 33.6 Å². The van der Waals surface area contributed by atoms with Crippen LogP contribution in [0.2, 0.25) is 0 Å². The summed E-state index contributed by atoms with van der Waals surface area (Å²) in [5, 5.41) is 3.10. The Morgan fingerprint density at radius 3 is 2.68 bits per heavy atom. The van der Waals surface area contributed by atoms with Crippen molar-refractivity contribution in [1.29, 1.82) is 0 Å². The van der Waals surface area contributed by atoms with E-state index >= 15 is 0 Å². The van der Waals surface area contributed by atoms with Crippen molar-refractivity contribution in [2.24, 2.45) is 0 Å². The average molecular weight is 336 g/mol. The fraction of sp³-hybridized carbons (Fsp3) is 0.450. The normalized spacial score (nSPS) is 21.8. The topological polar surface area (TPSA) is 58.1 Å². The molecule has 0 spiro atoms. The first-order valence-corrected chi connectivity index (χ1v) is 8.94. The first-order valence-electron chi connectivity index (χ1n) is 8.94. The molecule has 25 heavy (non-hydrogen) atoms. The van der Waals surface area contributed by atoms with Gasteiger partial charge in [-0.15, -0.1) is 0 Å². The van der Waals surface area contributed by atoms with E-state index in [1.54, 1.807) is 0 Å². The average Bonchev–Trinajstić information content (AvgIpc) is 2.89. The molecule has 2 unspecified atom stereocenters. The monoisotopic (exact) mass is 336 g/mol. The van der Waals surface area contributed by atoms with Crippen LogP contribution in [0.1, 0.15) is 50.9 Å². The van der Waals surface area contributed by atoms with Crippen LogP contribution in [0.25, 0.3) is 11.4 Å². The van der Waals surface area contributed by atoms with Crippen molar-refractivity contribution >= 4 is 6.03 Å². The molecular formula is C20H24N4O. The number of hydrogen-bond acceptors (Lipinski definition) is 3. The van der Waals surface area contributed by atoms with Crippen molar-refractivity contribution in [2.75, 3.05) is 0 Å². The third-order valence-corrected chi connectivity index (χ3v) is 4.94. The van der Waals surface area contributed by atoms with E-state index in [4.69, 9.17) is 4.98 Å². The summed E-state index contributed by atoms with van der Waals surface area (Å²) in [4.78, 5) is 24.2. The number of carbonyl (C=O) groups excluding carboxylic acids is 1. The van der Waals surface area contributed by atoms with Crippen molar-refractivity contribution < 1.29 is 4.79 Å². The number of amides is 2. The molecule has 1 N–H and O–H groups in total. The molecule has 5 heteroatoms. The highest BCUT2D eigenvalue weighted by Gasteiger charge is 2.44. The highest BCUT2D eigenvalue weighted by atomic mass is 16.2. The summed E-state index contributed by atoms with van der Waals surface area (Å²) in [6.45, 7) is 6.04. The molecule has 2 amide bonds. The summed E-state index contributed by atoms with van der Waals surface area (Å²) < 4.78 is 0. The predicted molar refractivity (Wildman–Crippen MR) is 97.1 cm³/mol. The first-order chi connectivity index (χ1) is 11.9. The molecule has 0 radical (unpaired) electrons. The Hall–Kier alpha value is -2.43. The Balaban J connectivity index is 1.64. The smallest absolute Gasteiger partial charge is 0.318 e. The lowest BCUT2D eigenvalue weighted by atomic mass is 9.99. The lowest BCUT2D eigenvalue weighted by Crippen LogP contribution is -2.52. The van der Waals surface area contributed by atoms with E-state index in [0.29, 0.717) is 0 Å². The van der Waals surface area contributed by atoms with Crippen molar-refractivity contribution in [3.63, 3.8) is 0 Å². The van der Waals surface area contributed by atoms with Crippen LogP contribution < -0.4 is 5.32 Å². The zero-order valence-electron chi connectivity index (χ0n) is 15.0. The maximum atomic E-state index is 12.7. The van der Waals surface area contributed by atoms with Crippen molar-refractivity contribution in [3.8, 4) is 11.4 Å². The van der Waals surface area contributed by atoms with Crippen LogP contribution in [-0.4, -0.2) is 32.5 Å². The van der Waals surface area contributed by atoms with Crippen molar-refractivity contribution in [1.82, 2.24) is 20.2 Å². The summed E-state index contributed by atoms with van der Waals surface area (Å²) in [7, 11) is 0. The summed E-state index contributed by atoms with van der Waals surface area (Å²) in [5.74, 6) is 0.770. The predicted octanol–water partition coefficient (Wildman–Crippen LogP) is 3.71. The van der Waals surface area contributed by atoms with Crippen molar-refractivity contribution in [3.05, 3.63) is 47.8 Å². The second kappa shape index (κ2) is 5.83. The molecule has 2 bridgehead atoms. The van der Waals surface area contributed by atoms with Gasteiger partial charge in [0.15, 0.2) is 5.82 Å². The van der Waals surface area contributed by atoms with Gasteiger partial charge in [-0.3, -0.25) is 0 Å². The summed E-state index contributed by atoms with van der Waals surface area (Å²) >= 11 is 0. The lowest BCUT2D eigenvalue weighted by Gasteiger charge is -2.37. The second-order valence-corrected chi connectivity index (χ2v) is 8.00. The third kappa shape index (κ3) is 2.99. The van der Waals surface area contributed by atoms with E-state index in [9.17, 15) is 4.79 Å². The standard InChI is InChI=1S/C20H24N4O/c1-20(2,3)23-19(25)24-14-9-10-17(24)15-12-21-18(22-16(15)11-14)13-7-5-4-6-8-13/h4-8,12,14,17H,9-11H2,1-3H3,(H,23,25). The minimum absolute atomic E-state index is 0.0257. The van der Waals surface area contributed by atoms with Crippen LogP contribution in [0.4, 0.5) is 4.79 Å². The number of nitrogens with zero attached hydrogens (tertiary/aromatic N) is 3. The molecule has 3 heterocycles. The van der Waals surface area contributed by atoms with Crippen LogP contribution in [0.5, 0.6) is 0 Å². The Morgan fingerprint density at radius 2 is 1.96 bits per heavy atom. The third-order valence-electron chi connectivity index (χ3n) is 4.94. The molecule has 4 rings (SSSR count). The van der Waals surface area contributed by atoms with Gasteiger partial charge in [0.05, 0.1) is 11.7 Å². The van der Waals surface area contributed by atoms with E-state index in [1.165, 1.54) is 0 Å². The zero-order chi connectivity index (χ0) is 17.6. The molecule has 1 saturated heterocycles. The van der Waals surface area contributed by atoms with Gasteiger partial charge in [0.25, 0.3) is 0 Å². The van der Waals surface area contributed by atoms with Gasteiger partial charge in [0.1, 0.15) is 0 Å². The molecule has 1 aromatic heterocycles. The van der Waals surface area contributed by atoms with Gasteiger partial charge >= 0.3 is 6.03 Å². The lowest BCUT2D eigenvalue weighted by molar-refractivity contribution is 0.157. The fourth-order valence-corrected chi connectivity index (χ4v) is 3.90. The SMILES string of the molecule is CC(C)(C)NC(=O)N1C2CCC1c1cnc(-c3ccccc3)nc1C2. The molecule has 1 fully saturated rings. The molecule has 1 aromatic carbocycles. The Kier molecular flexibility index (Phi) is 3.74. The molecule has 5 nitrogen and oxygen atoms in total. The maximum absolute atomic E-state index is 12.7. The van der Waals surface area contributed by atoms with Gasteiger partial charge in [-0.25, -0.2) is 14.8 Å². The quantitative estimate of drug-likeness (QED) is 0.863. The Labute approximate surface area is 148 Å². The maximum Gasteiger partial charge on any atom is 0.318 e. The summed E-state index contributed by atoms with van der Waals surface area (Å²) in [6, 6.07) is 10.4. The van der Waals surface area contributed by atoms with Gasteiger partial charge in [-0.1, -0.05) is 30.3 Å². The van der Waals surface area contributed by atoms with Gasteiger partial charge < -0.3 is 10.2 Å². The fourth-order valence-electron chi connectivity index (χ4n) is 3.90. The Bertz CT molecular complexity index is 797. The summed E-state index contributed by atoms with van der Waals surface area (Å²) in [6.07, 6.45) is 4.75. The van der Waals surface area contributed by atoms with Crippen LogP contribution >= 0.6 is 0 Å². The molecule has 0 aliphatic carbocycles. The number of urea groups is 1. The number of aromatic nitrogens is 2. The number of fused-ring (bicyclic) bond motifs is 4. The van der Waals surface area contributed by atoms with Crippen LogP contribution in [-0.2, 0) is 6.42 Å². The molecular weight excluding hydrogens is 312 g/mol. The number of carbonyl (C=O) groups is 1. The number of hydrogen-bond donors (Lipinski definition) is 1. The van der Waals surface area contributed by atoms with Crippen LogP contribution in [0.15, 0.2) is 36.5 Å². The minimum Gasteiger partial charge on any atom is -0.333 e. The first kappa shape index (κ1) is 16.1. The van der Waals surface area contributed by atoms with Crippen LogP contribution in [0.3, 0.4) is 0 Å².